The first-order valence-corrected chi connectivity index (χ1v) is 13.4. The summed E-state index contributed by atoms with van der Waals surface area (Å²) in [6.07, 6.45) is 34.1. The predicted octanol–water partition coefficient (Wildman–Crippen LogP) is 10.7. The van der Waals surface area contributed by atoms with Gasteiger partial charge in [-0.1, -0.05) is 175 Å². The number of hydrogen-bond donors (Lipinski definition) is 0. The highest BCUT2D eigenvalue weighted by Crippen LogP contribution is 2.19. The van der Waals surface area contributed by atoms with E-state index in [9.17, 15) is 0 Å². The standard InChI is InChI=1S/C28H56/c1-4-6-8-10-12-14-15-16-17-18-19-21-23-25-27-28(3)26-24-22-20-13-11-9-7-5-2/h28H,1-2,4-27H2,3H3. The van der Waals surface area contributed by atoms with Crippen LogP contribution in [0.5, 0.6) is 0 Å². The summed E-state index contributed by atoms with van der Waals surface area (Å²) in [5, 5.41) is 0. The van der Waals surface area contributed by atoms with E-state index in [-0.39, 0.29) is 0 Å². The number of unbranched alkanes of at least 4 members (excludes halogenated alkanes) is 20. The molecule has 0 N–H and O–H groups in total. The van der Waals surface area contributed by atoms with Gasteiger partial charge in [-0.05, 0) is 5.92 Å². The maximum absolute atomic E-state index is 3.92. The van der Waals surface area contributed by atoms with Crippen molar-refractivity contribution in [3.05, 3.63) is 13.8 Å². The van der Waals surface area contributed by atoms with Gasteiger partial charge >= 0.3 is 0 Å². The van der Waals surface area contributed by atoms with Crippen LogP contribution in [-0.4, -0.2) is 0 Å². The monoisotopic (exact) mass is 392 g/mol. The second kappa shape index (κ2) is 25.0. The lowest BCUT2D eigenvalue weighted by molar-refractivity contribution is 0.430. The summed E-state index contributed by atoms with van der Waals surface area (Å²) >= 11 is 0. The first kappa shape index (κ1) is 28.0. The van der Waals surface area contributed by atoms with Crippen molar-refractivity contribution in [2.75, 3.05) is 0 Å². The van der Waals surface area contributed by atoms with Crippen molar-refractivity contribution in [2.24, 2.45) is 5.92 Å². The minimum absolute atomic E-state index is 0.958. The predicted molar refractivity (Wildman–Crippen MR) is 131 cm³/mol. The van der Waals surface area contributed by atoms with Crippen LogP contribution in [-0.2, 0) is 0 Å². The van der Waals surface area contributed by atoms with E-state index in [1.165, 1.54) is 141 Å². The minimum atomic E-state index is 0.958. The Morgan fingerprint density at radius 2 is 0.571 bits per heavy atom. The van der Waals surface area contributed by atoms with Gasteiger partial charge in [-0.2, -0.15) is 0 Å². The van der Waals surface area contributed by atoms with E-state index in [1.54, 1.807) is 0 Å². The summed E-state index contributed by atoms with van der Waals surface area (Å²) < 4.78 is 0. The largest absolute Gasteiger partial charge is 0.0625 e. The Bertz CT molecular complexity index is 257. The Morgan fingerprint density at radius 1 is 0.357 bits per heavy atom. The van der Waals surface area contributed by atoms with Gasteiger partial charge in [0.25, 0.3) is 0 Å². The van der Waals surface area contributed by atoms with Gasteiger partial charge in [0.2, 0.25) is 0 Å². The molecule has 28 heavy (non-hydrogen) atoms. The van der Waals surface area contributed by atoms with Crippen LogP contribution in [0.15, 0.2) is 0 Å². The maximum Gasteiger partial charge on any atom is -0.0443 e. The lowest BCUT2D eigenvalue weighted by Gasteiger charge is -2.11. The Morgan fingerprint density at radius 3 is 0.821 bits per heavy atom. The van der Waals surface area contributed by atoms with Crippen LogP contribution >= 0.6 is 0 Å². The molecule has 0 heteroatoms. The molecule has 1 unspecified atom stereocenters. The van der Waals surface area contributed by atoms with Crippen LogP contribution < -0.4 is 0 Å². The van der Waals surface area contributed by atoms with Gasteiger partial charge < -0.3 is 0 Å². The topological polar surface area (TPSA) is 0 Å². The highest BCUT2D eigenvalue weighted by Gasteiger charge is 2.02. The van der Waals surface area contributed by atoms with Crippen molar-refractivity contribution in [2.45, 2.75) is 161 Å². The highest BCUT2D eigenvalue weighted by molar-refractivity contribution is 4.56. The van der Waals surface area contributed by atoms with Crippen LogP contribution in [0.3, 0.4) is 0 Å². The smallest absolute Gasteiger partial charge is 0.0443 e. The fraction of sp³-hybridized carbons (Fsp3) is 0.929. The molecule has 2 radical (unpaired) electrons. The quantitative estimate of drug-likeness (QED) is 0.143. The van der Waals surface area contributed by atoms with Crippen molar-refractivity contribution >= 4 is 0 Å². The molecule has 168 valence electrons. The van der Waals surface area contributed by atoms with E-state index in [0.717, 1.165) is 18.8 Å². The molecule has 0 aromatic carbocycles. The molecule has 0 amide bonds. The van der Waals surface area contributed by atoms with E-state index >= 15 is 0 Å². The van der Waals surface area contributed by atoms with E-state index in [0.29, 0.717) is 0 Å². The lowest BCUT2D eigenvalue weighted by atomic mass is 9.95. The first-order chi connectivity index (χ1) is 13.8. The molecule has 0 heterocycles. The zero-order chi connectivity index (χ0) is 20.5. The average Bonchev–Trinajstić information content (AvgIpc) is 2.70. The van der Waals surface area contributed by atoms with E-state index < -0.39 is 0 Å². The van der Waals surface area contributed by atoms with Crippen molar-refractivity contribution in [3.8, 4) is 0 Å². The average molecular weight is 393 g/mol. The summed E-state index contributed by atoms with van der Waals surface area (Å²) in [6, 6.07) is 0. The summed E-state index contributed by atoms with van der Waals surface area (Å²) in [5.74, 6) is 0.958. The molecule has 0 nitrogen and oxygen atoms in total. The van der Waals surface area contributed by atoms with E-state index in [1.807, 2.05) is 0 Å². The van der Waals surface area contributed by atoms with Crippen LogP contribution in [0.2, 0.25) is 0 Å². The molecule has 1 atom stereocenters. The second-order valence-corrected chi connectivity index (χ2v) is 9.46. The van der Waals surface area contributed by atoms with Crippen molar-refractivity contribution in [3.63, 3.8) is 0 Å². The molecule has 0 saturated carbocycles. The van der Waals surface area contributed by atoms with Crippen LogP contribution in [0, 0.1) is 19.8 Å². The second-order valence-electron chi connectivity index (χ2n) is 9.46. The van der Waals surface area contributed by atoms with Gasteiger partial charge in [-0.3, -0.25) is 0 Å². The molecule has 0 aliphatic rings. The summed E-state index contributed by atoms with van der Waals surface area (Å²) in [5.41, 5.74) is 0. The zero-order valence-corrected chi connectivity index (χ0v) is 20.0. The van der Waals surface area contributed by atoms with Gasteiger partial charge in [0, 0.05) is 0 Å². The van der Waals surface area contributed by atoms with Crippen molar-refractivity contribution in [1.82, 2.24) is 0 Å². The minimum Gasteiger partial charge on any atom is -0.0625 e. The molecule has 0 aromatic heterocycles. The SMILES string of the molecule is [CH2]CCCCCCCCCCCCCCCC(C)CCCCCCCCC[CH2]. The summed E-state index contributed by atoms with van der Waals surface area (Å²) in [7, 11) is 0. The lowest BCUT2D eigenvalue weighted by Crippen LogP contribution is -1.95. The molecule has 0 rings (SSSR count). The van der Waals surface area contributed by atoms with Gasteiger partial charge in [0.15, 0.2) is 0 Å². The van der Waals surface area contributed by atoms with Gasteiger partial charge in [0.1, 0.15) is 0 Å². The zero-order valence-electron chi connectivity index (χ0n) is 20.0. The Hall–Kier alpha value is 0. The fourth-order valence-corrected chi connectivity index (χ4v) is 4.31. The molecule has 0 spiro atoms. The molecule has 0 bridgehead atoms. The molecular weight excluding hydrogens is 336 g/mol. The summed E-state index contributed by atoms with van der Waals surface area (Å²) in [6.45, 7) is 10.3. The third kappa shape index (κ3) is 24.0. The number of hydrogen-bond acceptors (Lipinski definition) is 0. The van der Waals surface area contributed by atoms with Crippen molar-refractivity contribution in [1.29, 1.82) is 0 Å². The highest BCUT2D eigenvalue weighted by atomic mass is 14.1. The Kier molecular flexibility index (Phi) is 25.0. The molecule has 0 aliphatic heterocycles. The van der Waals surface area contributed by atoms with Crippen LogP contribution in [0.25, 0.3) is 0 Å². The van der Waals surface area contributed by atoms with Crippen LogP contribution in [0.4, 0.5) is 0 Å². The van der Waals surface area contributed by atoms with E-state index in [2.05, 4.69) is 20.8 Å². The van der Waals surface area contributed by atoms with E-state index in [4.69, 9.17) is 0 Å². The first-order valence-electron chi connectivity index (χ1n) is 13.4. The third-order valence-electron chi connectivity index (χ3n) is 6.39. The molecule has 0 fully saturated rings. The van der Waals surface area contributed by atoms with Crippen molar-refractivity contribution < 1.29 is 0 Å². The Balaban J connectivity index is 3.11. The van der Waals surface area contributed by atoms with Crippen LogP contribution in [0.1, 0.15) is 161 Å². The molecule has 0 aromatic rings. The molecule has 0 aliphatic carbocycles. The third-order valence-corrected chi connectivity index (χ3v) is 6.39. The Labute approximate surface area is 181 Å². The molecule has 0 saturated heterocycles. The number of rotatable bonds is 24. The van der Waals surface area contributed by atoms with Gasteiger partial charge in [-0.25, -0.2) is 0 Å². The van der Waals surface area contributed by atoms with Gasteiger partial charge in [0.05, 0.1) is 0 Å². The molecular formula is C28H56. The van der Waals surface area contributed by atoms with Gasteiger partial charge in [-0.15, -0.1) is 0 Å². The fourth-order valence-electron chi connectivity index (χ4n) is 4.31. The summed E-state index contributed by atoms with van der Waals surface area (Å²) in [4.78, 5) is 0. The maximum atomic E-state index is 3.92. The normalized spacial score (nSPS) is 12.5.